The molecule has 0 bridgehead atoms. The van der Waals surface area contributed by atoms with Gasteiger partial charge in [-0.15, -0.1) is 0 Å². The van der Waals surface area contributed by atoms with Crippen LogP contribution in [-0.2, 0) is 4.74 Å². The van der Waals surface area contributed by atoms with E-state index in [1.54, 1.807) is 0 Å². The first-order valence-electron chi connectivity index (χ1n) is 3.45. The van der Waals surface area contributed by atoms with E-state index in [0.717, 1.165) is 0 Å². The van der Waals surface area contributed by atoms with Gasteiger partial charge in [-0.2, -0.15) is 0 Å². The minimum Gasteiger partial charge on any atom is -0.393 e. The van der Waals surface area contributed by atoms with Crippen molar-refractivity contribution in [2.24, 2.45) is 11.7 Å². The van der Waals surface area contributed by atoms with E-state index in [2.05, 4.69) is 0 Å². The SMILES string of the molecule is CC(C)OCC(C)C(N)=S. The van der Waals surface area contributed by atoms with Gasteiger partial charge in [0.25, 0.3) is 0 Å². The number of nitrogens with two attached hydrogens (primary N) is 1. The van der Waals surface area contributed by atoms with Crippen molar-refractivity contribution in [3.8, 4) is 0 Å². The average Bonchev–Trinajstić information content (AvgIpc) is 1.82. The molecule has 60 valence electrons. The molecule has 0 amide bonds. The number of rotatable bonds is 4. The summed E-state index contributed by atoms with van der Waals surface area (Å²) < 4.78 is 5.30. The van der Waals surface area contributed by atoms with Crippen LogP contribution >= 0.6 is 12.2 Å². The summed E-state index contributed by atoms with van der Waals surface area (Å²) in [6, 6.07) is 0. The zero-order valence-corrected chi connectivity index (χ0v) is 7.57. The van der Waals surface area contributed by atoms with Crippen molar-refractivity contribution in [3.63, 3.8) is 0 Å². The summed E-state index contributed by atoms with van der Waals surface area (Å²) in [6.45, 7) is 6.58. The van der Waals surface area contributed by atoms with E-state index in [0.29, 0.717) is 11.6 Å². The first kappa shape index (κ1) is 9.85. The molecule has 0 heterocycles. The van der Waals surface area contributed by atoms with Crippen molar-refractivity contribution >= 4 is 17.2 Å². The highest BCUT2D eigenvalue weighted by atomic mass is 32.1. The van der Waals surface area contributed by atoms with Gasteiger partial charge in [0.15, 0.2) is 0 Å². The third-order valence-electron chi connectivity index (χ3n) is 1.17. The zero-order chi connectivity index (χ0) is 8.15. The standard InChI is InChI=1S/C7H15NOS/c1-5(2)9-4-6(3)7(8)10/h5-6H,4H2,1-3H3,(H2,8,10). The lowest BCUT2D eigenvalue weighted by molar-refractivity contribution is 0.0684. The maximum absolute atomic E-state index is 5.37. The number of ether oxygens (including phenoxy) is 1. The van der Waals surface area contributed by atoms with E-state index >= 15 is 0 Å². The Morgan fingerprint density at radius 2 is 2.00 bits per heavy atom. The number of hydrogen-bond donors (Lipinski definition) is 1. The predicted molar refractivity (Wildman–Crippen MR) is 47.0 cm³/mol. The molecule has 1 unspecified atom stereocenters. The molecular weight excluding hydrogens is 146 g/mol. The second-order valence-electron chi connectivity index (χ2n) is 2.69. The fraction of sp³-hybridized carbons (Fsp3) is 0.857. The van der Waals surface area contributed by atoms with Crippen LogP contribution in [0.3, 0.4) is 0 Å². The van der Waals surface area contributed by atoms with Crippen molar-refractivity contribution in [3.05, 3.63) is 0 Å². The van der Waals surface area contributed by atoms with E-state index in [1.807, 2.05) is 20.8 Å². The van der Waals surface area contributed by atoms with E-state index in [1.165, 1.54) is 0 Å². The molecule has 0 spiro atoms. The molecule has 0 saturated carbocycles. The van der Waals surface area contributed by atoms with Gasteiger partial charge in [0, 0.05) is 5.92 Å². The highest BCUT2D eigenvalue weighted by molar-refractivity contribution is 7.80. The van der Waals surface area contributed by atoms with Gasteiger partial charge < -0.3 is 10.5 Å². The largest absolute Gasteiger partial charge is 0.393 e. The van der Waals surface area contributed by atoms with Gasteiger partial charge in [-0.25, -0.2) is 0 Å². The highest BCUT2D eigenvalue weighted by Gasteiger charge is 2.05. The first-order chi connectivity index (χ1) is 4.54. The lowest BCUT2D eigenvalue weighted by Gasteiger charge is -2.12. The summed E-state index contributed by atoms with van der Waals surface area (Å²) >= 11 is 4.77. The van der Waals surface area contributed by atoms with Crippen molar-refractivity contribution < 1.29 is 4.74 Å². The molecule has 0 fully saturated rings. The molecule has 0 aromatic rings. The Hall–Kier alpha value is -0.150. The molecule has 10 heavy (non-hydrogen) atoms. The second kappa shape index (κ2) is 4.63. The topological polar surface area (TPSA) is 35.2 Å². The molecule has 1 atom stereocenters. The monoisotopic (exact) mass is 161 g/mol. The van der Waals surface area contributed by atoms with Crippen LogP contribution in [0.15, 0.2) is 0 Å². The summed E-state index contributed by atoms with van der Waals surface area (Å²) in [6.07, 6.45) is 0.261. The lowest BCUT2D eigenvalue weighted by Crippen LogP contribution is -2.24. The van der Waals surface area contributed by atoms with Crippen molar-refractivity contribution in [2.75, 3.05) is 6.61 Å². The minimum absolute atomic E-state index is 0.192. The Morgan fingerprint density at radius 3 is 2.30 bits per heavy atom. The van der Waals surface area contributed by atoms with Crippen LogP contribution in [0, 0.1) is 5.92 Å². The average molecular weight is 161 g/mol. The van der Waals surface area contributed by atoms with Crippen LogP contribution in [0.25, 0.3) is 0 Å². The predicted octanol–water partition coefficient (Wildman–Crippen LogP) is 1.33. The van der Waals surface area contributed by atoms with E-state index in [4.69, 9.17) is 22.7 Å². The van der Waals surface area contributed by atoms with Crippen LogP contribution in [0.1, 0.15) is 20.8 Å². The Balaban J connectivity index is 3.40. The maximum atomic E-state index is 5.37. The summed E-state index contributed by atoms with van der Waals surface area (Å²) in [5.74, 6) is 0.192. The molecule has 0 aromatic heterocycles. The molecule has 0 aromatic carbocycles. The summed E-state index contributed by atoms with van der Waals surface area (Å²) in [7, 11) is 0. The molecular formula is C7H15NOS. The van der Waals surface area contributed by atoms with E-state index in [9.17, 15) is 0 Å². The minimum atomic E-state index is 0.192. The first-order valence-corrected chi connectivity index (χ1v) is 3.85. The Kier molecular flexibility index (Phi) is 4.56. The van der Waals surface area contributed by atoms with E-state index in [-0.39, 0.29) is 12.0 Å². The van der Waals surface area contributed by atoms with Crippen molar-refractivity contribution in [1.82, 2.24) is 0 Å². The van der Waals surface area contributed by atoms with Crippen molar-refractivity contribution in [2.45, 2.75) is 26.9 Å². The van der Waals surface area contributed by atoms with Crippen molar-refractivity contribution in [1.29, 1.82) is 0 Å². The van der Waals surface area contributed by atoms with Gasteiger partial charge in [-0.1, -0.05) is 19.1 Å². The van der Waals surface area contributed by atoms with Gasteiger partial charge in [-0.3, -0.25) is 0 Å². The van der Waals surface area contributed by atoms with Gasteiger partial charge in [0.05, 0.1) is 17.7 Å². The summed E-state index contributed by atoms with van der Waals surface area (Å²) in [5, 5.41) is 0. The van der Waals surface area contributed by atoms with Gasteiger partial charge >= 0.3 is 0 Å². The maximum Gasteiger partial charge on any atom is 0.0779 e. The highest BCUT2D eigenvalue weighted by Crippen LogP contribution is 1.98. The van der Waals surface area contributed by atoms with Gasteiger partial charge in [0.1, 0.15) is 0 Å². The Bertz CT molecular complexity index is 114. The third-order valence-corrected chi connectivity index (χ3v) is 1.57. The smallest absolute Gasteiger partial charge is 0.0779 e. The quantitative estimate of drug-likeness (QED) is 0.632. The Labute approximate surface area is 67.7 Å². The van der Waals surface area contributed by atoms with Crippen LogP contribution in [0.2, 0.25) is 0 Å². The normalized spacial score (nSPS) is 13.6. The number of thiocarbonyl (C=S) groups is 1. The van der Waals surface area contributed by atoms with Crippen LogP contribution in [0.5, 0.6) is 0 Å². The molecule has 2 nitrogen and oxygen atoms in total. The molecule has 2 N–H and O–H groups in total. The fourth-order valence-corrected chi connectivity index (χ4v) is 0.487. The summed E-state index contributed by atoms with van der Waals surface area (Å²) in [4.78, 5) is 0.528. The molecule has 0 aliphatic rings. The fourth-order valence-electron chi connectivity index (χ4n) is 0.419. The molecule has 0 saturated heterocycles. The molecule has 3 heteroatoms. The molecule has 0 aliphatic carbocycles. The van der Waals surface area contributed by atoms with Crippen LogP contribution in [0.4, 0.5) is 0 Å². The molecule has 0 radical (unpaired) electrons. The molecule has 0 aliphatic heterocycles. The van der Waals surface area contributed by atoms with Gasteiger partial charge in [0.2, 0.25) is 0 Å². The van der Waals surface area contributed by atoms with Gasteiger partial charge in [-0.05, 0) is 13.8 Å². The zero-order valence-electron chi connectivity index (χ0n) is 6.76. The Morgan fingerprint density at radius 1 is 1.50 bits per heavy atom. The van der Waals surface area contributed by atoms with Crippen LogP contribution in [-0.4, -0.2) is 17.7 Å². The molecule has 0 rings (SSSR count). The lowest BCUT2D eigenvalue weighted by atomic mass is 10.2. The third kappa shape index (κ3) is 4.70. The second-order valence-corrected chi connectivity index (χ2v) is 3.16. The van der Waals surface area contributed by atoms with E-state index < -0.39 is 0 Å². The van der Waals surface area contributed by atoms with Crippen LogP contribution < -0.4 is 5.73 Å². The summed E-state index contributed by atoms with van der Waals surface area (Å²) in [5.41, 5.74) is 5.37. The number of hydrogen-bond acceptors (Lipinski definition) is 2.